The number of aliphatic carboxylic acids is 1. The second-order valence-electron chi connectivity index (χ2n) is 5.91. The number of guanidine groups is 1. The maximum absolute atomic E-state index is 10.6. The lowest BCUT2D eigenvalue weighted by Crippen LogP contribution is -2.23. The van der Waals surface area contributed by atoms with Gasteiger partial charge in [0.2, 0.25) is 5.96 Å². The Labute approximate surface area is 183 Å². The van der Waals surface area contributed by atoms with Crippen molar-refractivity contribution in [1.82, 2.24) is 4.72 Å². The van der Waals surface area contributed by atoms with E-state index in [0.717, 1.165) is 24.1 Å². The van der Waals surface area contributed by atoms with Crippen LogP contribution in [0.2, 0.25) is 0 Å². The molecule has 6 N–H and O–H groups in total. The molecule has 0 bridgehead atoms. The van der Waals surface area contributed by atoms with Gasteiger partial charge in [-0.25, -0.2) is 4.72 Å². The summed E-state index contributed by atoms with van der Waals surface area (Å²) in [4.78, 5) is 25.5. The topological polar surface area (TPSA) is 175 Å². The predicted molar refractivity (Wildman–Crippen MR) is 118 cm³/mol. The second kappa shape index (κ2) is 14.5. The van der Waals surface area contributed by atoms with E-state index in [2.05, 4.69) is 9.88 Å². The van der Waals surface area contributed by atoms with E-state index in [0.29, 0.717) is 18.1 Å². The van der Waals surface area contributed by atoms with Gasteiger partial charge < -0.3 is 26.1 Å². The van der Waals surface area contributed by atoms with Crippen molar-refractivity contribution in [1.29, 1.82) is 0 Å². The molecule has 168 valence electrons. The highest BCUT2D eigenvalue weighted by Gasteiger charge is 2.12. The summed E-state index contributed by atoms with van der Waals surface area (Å²) in [5.41, 5.74) is 11.3. The van der Waals surface area contributed by atoms with Gasteiger partial charge in [-0.15, -0.1) is 0 Å². The lowest BCUT2D eigenvalue weighted by atomic mass is 10.2. The summed E-state index contributed by atoms with van der Waals surface area (Å²) in [6.45, 7) is 2.79. The average Bonchev–Trinajstić information content (AvgIpc) is 2.72. The zero-order valence-electron chi connectivity index (χ0n) is 16.9. The number of carboxylic acids is 1. The molecule has 0 aliphatic carbocycles. The molecule has 0 saturated carbocycles. The number of hydrogen-bond donors (Lipinski definition) is 4. The largest absolute Gasteiger partial charge is 0.493 e. The average molecular weight is 452 g/mol. The molecule has 2 aromatic rings. The number of nitro benzene ring substituents is 1. The fourth-order valence-corrected chi connectivity index (χ4v) is 2.68. The summed E-state index contributed by atoms with van der Waals surface area (Å²) < 4.78 is 7.99. The quantitative estimate of drug-likeness (QED) is 0.0989. The molecule has 0 atom stereocenters. The minimum Gasteiger partial charge on any atom is -0.493 e. The highest BCUT2D eigenvalue weighted by molar-refractivity contribution is 7.97. The van der Waals surface area contributed by atoms with Crippen LogP contribution in [0.4, 0.5) is 5.69 Å². The van der Waals surface area contributed by atoms with Crippen molar-refractivity contribution in [2.75, 3.05) is 19.8 Å². The summed E-state index contributed by atoms with van der Waals surface area (Å²) in [7, 11) is 0. The minimum absolute atomic E-state index is 0.0413. The third-order valence-corrected chi connectivity index (χ3v) is 4.16. The lowest BCUT2D eigenvalue weighted by Gasteiger charge is -2.05. The van der Waals surface area contributed by atoms with Crippen molar-refractivity contribution >= 4 is 29.6 Å². The van der Waals surface area contributed by atoms with Crippen LogP contribution in [-0.2, 0) is 9.63 Å². The molecule has 0 unspecified atom stereocenters. The number of carboxylic acid groups (broad SMARTS) is 1. The number of nitrogens with zero attached hydrogens (tertiary/aromatic N) is 2. The van der Waals surface area contributed by atoms with Crippen molar-refractivity contribution in [2.45, 2.75) is 18.2 Å². The van der Waals surface area contributed by atoms with Crippen molar-refractivity contribution < 1.29 is 24.4 Å². The van der Waals surface area contributed by atoms with E-state index in [-0.39, 0.29) is 18.2 Å². The Balaban J connectivity index is 0.000000311. The maximum atomic E-state index is 10.6. The van der Waals surface area contributed by atoms with Crippen molar-refractivity contribution in [2.24, 2.45) is 16.6 Å². The SMILES string of the molecule is Cc1ccc(OCCCON=C(N)N)cc1.O=C(O)CNSc1ccccc1[N+](=O)[O-]. The van der Waals surface area contributed by atoms with Gasteiger partial charge in [-0.2, -0.15) is 0 Å². The summed E-state index contributed by atoms with van der Waals surface area (Å²) in [6.07, 6.45) is 0.727. The number of ether oxygens (including phenoxy) is 1. The van der Waals surface area contributed by atoms with Gasteiger partial charge in [-0.1, -0.05) is 29.8 Å². The molecule has 0 spiro atoms. The summed E-state index contributed by atoms with van der Waals surface area (Å²) in [5.74, 6) is -0.229. The summed E-state index contributed by atoms with van der Waals surface area (Å²) in [6, 6.07) is 14.0. The van der Waals surface area contributed by atoms with Crippen LogP contribution in [0.3, 0.4) is 0 Å². The number of aryl methyl sites for hydroxylation is 1. The first-order valence-corrected chi connectivity index (χ1v) is 9.86. The van der Waals surface area contributed by atoms with Gasteiger partial charge in [0.15, 0.2) is 0 Å². The third-order valence-electron chi connectivity index (χ3n) is 3.31. The molecule has 12 heteroatoms. The zero-order valence-corrected chi connectivity index (χ0v) is 17.7. The Morgan fingerprint density at radius 1 is 1.19 bits per heavy atom. The lowest BCUT2D eigenvalue weighted by molar-refractivity contribution is -0.387. The maximum Gasteiger partial charge on any atom is 0.318 e. The number of hydrogen-bond acceptors (Lipinski definition) is 8. The molecular weight excluding hydrogens is 426 g/mol. The fourth-order valence-electron chi connectivity index (χ4n) is 1.94. The van der Waals surface area contributed by atoms with E-state index in [4.69, 9.17) is 26.1 Å². The molecule has 0 radical (unpaired) electrons. The smallest absolute Gasteiger partial charge is 0.318 e. The molecule has 11 nitrogen and oxygen atoms in total. The second-order valence-corrected chi connectivity index (χ2v) is 6.84. The summed E-state index contributed by atoms with van der Waals surface area (Å²) >= 11 is 0.931. The Hall–Kier alpha value is -3.51. The Kier molecular flexibility index (Phi) is 11.9. The van der Waals surface area contributed by atoms with E-state index in [9.17, 15) is 14.9 Å². The van der Waals surface area contributed by atoms with Gasteiger partial charge in [0.05, 0.1) is 11.5 Å². The van der Waals surface area contributed by atoms with Crippen molar-refractivity contribution in [3.05, 3.63) is 64.2 Å². The number of nitro groups is 1. The highest BCUT2D eigenvalue weighted by Crippen LogP contribution is 2.26. The van der Waals surface area contributed by atoms with Gasteiger partial charge in [0.25, 0.3) is 5.69 Å². The van der Waals surface area contributed by atoms with E-state index in [1.54, 1.807) is 18.2 Å². The molecule has 0 heterocycles. The molecule has 2 rings (SSSR count). The van der Waals surface area contributed by atoms with E-state index < -0.39 is 10.9 Å². The first-order chi connectivity index (χ1) is 14.8. The van der Waals surface area contributed by atoms with Crippen LogP contribution in [0.25, 0.3) is 0 Å². The van der Waals surface area contributed by atoms with Gasteiger partial charge >= 0.3 is 5.97 Å². The highest BCUT2D eigenvalue weighted by atomic mass is 32.2. The van der Waals surface area contributed by atoms with Crippen LogP contribution in [0.1, 0.15) is 12.0 Å². The number of para-hydroxylation sites is 1. The van der Waals surface area contributed by atoms with Crippen LogP contribution >= 0.6 is 11.9 Å². The number of carbonyl (C=O) groups is 1. The summed E-state index contributed by atoms with van der Waals surface area (Å²) in [5, 5.41) is 22.3. The number of benzene rings is 2. The van der Waals surface area contributed by atoms with Crippen LogP contribution < -0.4 is 20.9 Å². The first-order valence-electron chi connectivity index (χ1n) is 9.05. The predicted octanol–water partition coefficient (Wildman–Crippen LogP) is 2.25. The zero-order chi connectivity index (χ0) is 23.1. The van der Waals surface area contributed by atoms with Crippen LogP contribution in [0.5, 0.6) is 5.75 Å². The Morgan fingerprint density at radius 2 is 1.87 bits per heavy atom. The molecule has 2 aromatic carbocycles. The van der Waals surface area contributed by atoms with Gasteiger partial charge in [-0.05, 0) is 42.2 Å². The normalized spacial score (nSPS) is 9.71. The van der Waals surface area contributed by atoms with Crippen LogP contribution in [0, 0.1) is 17.0 Å². The molecule has 0 aromatic heterocycles. The van der Waals surface area contributed by atoms with Gasteiger partial charge in [0.1, 0.15) is 23.8 Å². The van der Waals surface area contributed by atoms with Crippen molar-refractivity contribution in [3.8, 4) is 5.75 Å². The van der Waals surface area contributed by atoms with E-state index in [1.165, 1.54) is 11.6 Å². The van der Waals surface area contributed by atoms with Gasteiger partial charge in [0, 0.05) is 12.5 Å². The number of nitrogens with two attached hydrogens (primary N) is 2. The standard InChI is InChI=1S/C11H17N3O2.C8H8N2O4S/c1-9-3-5-10(6-4-9)15-7-2-8-16-14-11(12)13;11-8(12)5-9-15-7-4-2-1-3-6(7)10(13)14/h3-6H,2,7-8H2,1H3,(H4,12,13,14);1-4,9H,5H2,(H,11,12). The molecule has 31 heavy (non-hydrogen) atoms. The van der Waals surface area contributed by atoms with E-state index >= 15 is 0 Å². The third kappa shape index (κ3) is 11.9. The molecule has 0 aliphatic heterocycles. The molecule has 0 aliphatic rings. The number of oxime groups is 1. The first kappa shape index (κ1) is 25.5. The Bertz CT molecular complexity index is 859. The van der Waals surface area contributed by atoms with Crippen molar-refractivity contribution in [3.63, 3.8) is 0 Å². The fraction of sp³-hybridized carbons (Fsp3) is 0.263. The Morgan fingerprint density at radius 3 is 2.48 bits per heavy atom. The molecule has 0 saturated heterocycles. The van der Waals surface area contributed by atoms with Gasteiger partial charge in [-0.3, -0.25) is 14.9 Å². The minimum atomic E-state index is -1.01. The van der Waals surface area contributed by atoms with Crippen LogP contribution in [-0.4, -0.2) is 41.7 Å². The number of rotatable bonds is 11. The molecule has 0 amide bonds. The monoisotopic (exact) mass is 451 g/mol. The van der Waals surface area contributed by atoms with Crippen LogP contribution in [0.15, 0.2) is 58.6 Å². The van der Waals surface area contributed by atoms with E-state index in [1.807, 2.05) is 31.2 Å². The number of nitrogens with one attached hydrogen (secondary N) is 1. The molecule has 0 fully saturated rings. The molecular formula is C19H25N5O6S.